The third-order valence-electron chi connectivity index (χ3n) is 11.3. The minimum Gasteiger partial charge on any atom is -0.248 e. The molecule has 11 aromatic rings. The summed E-state index contributed by atoms with van der Waals surface area (Å²) >= 11 is 1.72. The average Bonchev–Trinajstić information content (AvgIpc) is 3.73. The average molecular weight is 796 g/mol. The highest BCUT2D eigenvalue weighted by Gasteiger charge is 2.18. The van der Waals surface area contributed by atoms with Crippen molar-refractivity contribution in [2.45, 2.75) is 0 Å². The maximum absolute atomic E-state index is 5.26. The molecule has 0 saturated heterocycles. The van der Waals surface area contributed by atoms with E-state index in [2.05, 4.69) is 200 Å². The first-order valence-electron chi connectivity index (χ1n) is 20.5. The highest BCUT2D eigenvalue weighted by molar-refractivity contribution is 7.25. The minimum absolute atomic E-state index is 0.737. The van der Waals surface area contributed by atoms with Crippen molar-refractivity contribution in [1.82, 2.24) is 15.0 Å². The molecular formula is C57H37N3S. The standard InChI is InChI=1S/C57H37N3S/c1-4-16-38(17-5-1)49-36-51(39-18-6-2-7-19-39)58-52(37-49)47-28-14-26-45(34-47)43-24-12-22-41(32-43)42-23-13-25-44(33-42)46-27-15-29-48(35-46)55-54-50-30-10-11-31-53(50)61-57(54)60-56(59-55)40-20-8-3-9-21-40/h1-37H. The number of pyridine rings is 1. The van der Waals surface area contributed by atoms with Crippen LogP contribution < -0.4 is 0 Å². The SMILES string of the molecule is c1ccc(-c2cc(-c3ccccc3)nc(-c3cccc(-c4cccc(-c5cccc(-c6cccc(-c7nc(-c8ccccc8)nc8sc9ccccc9c78)c6)c5)c4)c3)c2)cc1. The second kappa shape index (κ2) is 15.8. The van der Waals surface area contributed by atoms with Crippen LogP contribution in [0.2, 0.25) is 0 Å². The van der Waals surface area contributed by atoms with E-state index in [-0.39, 0.29) is 0 Å². The molecule has 286 valence electrons. The monoisotopic (exact) mass is 795 g/mol. The van der Waals surface area contributed by atoms with Crippen molar-refractivity contribution < 1.29 is 0 Å². The van der Waals surface area contributed by atoms with Crippen LogP contribution in [0.1, 0.15) is 0 Å². The second-order valence-electron chi connectivity index (χ2n) is 15.2. The van der Waals surface area contributed by atoms with Crippen LogP contribution in [0.4, 0.5) is 0 Å². The van der Waals surface area contributed by atoms with Crippen molar-refractivity contribution in [1.29, 1.82) is 0 Å². The van der Waals surface area contributed by atoms with Gasteiger partial charge in [-0.1, -0.05) is 182 Å². The third-order valence-corrected chi connectivity index (χ3v) is 12.4. The summed E-state index contributed by atoms with van der Waals surface area (Å²) in [6, 6.07) is 79.4. The lowest BCUT2D eigenvalue weighted by molar-refractivity contribution is 1.24. The van der Waals surface area contributed by atoms with Crippen LogP contribution in [0, 0.1) is 0 Å². The molecule has 61 heavy (non-hydrogen) atoms. The van der Waals surface area contributed by atoms with E-state index in [0.717, 1.165) is 94.3 Å². The van der Waals surface area contributed by atoms with Crippen LogP contribution >= 0.6 is 11.3 Å². The van der Waals surface area contributed by atoms with Crippen LogP contribution in [0.5, 0.6) is 0 Å². The maximum atomic E-state index is 5.26. The van der Waals surface area contributed by atoms with Gasteiger partial charge < -0.3 is 0 Å². The minimum atomic E-state index is 0.737. The predicted octanol–water partition coefficient (Wildman–Crippen LogP) is 15.6. The number of hydrogen-bond donors (Lipinski definition) is 0. The Kier molecular flexibility index (Phi) is 9.38. The van der Waals surface area contributed by atoms with E-state index in [0.29, 0.717) is 0 Å². The molecule has 0 atom stereocenters. The van der Waals surface area contributed by atoms with Gasteiger partial charge in [-0.05, 0) is 87.0 Å². The van der Waals surface area contributed by atoms with Crippen molar-refractivity contribution >= 4 is 31.6 Å². The summed E-state index contributed by atoms with van der Waals surface area (Å²) in [6.45, 7) is 0. The second-order valence-corrected chi connectivity index (χ2v) is 16.3. The Balaban J connectivity index is 0.945. The summed E-state index contributed by atoms with van der Waals surface area (Å²) in [4.78, 5) is 16.5. The van der Waals surface area contributed by atoms with E-state index in [9.17, 15) is 0 Å². The third kappa shape index (κ3) is 7.20. The zero-order chi connectivity index (χ0) is 40.5. The Hall–Kier alpha value is -7.79. The Morgan fingerprint density at radius 1 is 0.279 bits per heavy atom. The van der Waals surface area contributed by atoms with Crippen molar-refractivity contribution in [3.05, 3.63) is 224 Å². The zero-order valence-corrected chi connectivity index (χ0v) is 33.9. The lowest BCUT2D eigenvalue weighted by Crippen LogP contribution is -1.94. The van der Waals surface area contributed by atoms with Crippen molar-refractivity contribution in [2.24, 2.45) is 0 Å². The molecule has 0 fully saturated rings. The molecule has 3 aromatic heterocycles. The van der Waals surface area contributed by atoms with Crippen LogP contribution in [0.25, 0.3) is 110 Å². The highest BCUT2D eigenvalue weighted by atomic mass is 32.1. The number of benzene rings is 8. The maximum Gasteiger partial charge on any atom is 0.161 e. The fourth-order valence-electron chi connectivity index (χ4n) is 8.24. The molecule has 0 aliphatic rings. The van der Waals surface area contributed by atoms with Gasteiger partial charge in [0.25, 0.3) is 0 Å². The van der Waals surface area contributed by atoms with Crippen LogP contribution in [-0.4, -0.2) is 15.0 Å². The highest BCUT2D eigenvalue weighted by Crippen LogP contribution is 2.41. The molecule has 0 amide bonds. The van der Waals surface area contributed by atoms with Gasteiger partial charge in [0.05, 0.1) is 17.1 Å². The van der Waals surface area contributed by atoms with Gasteiger partial charge in [0, 0.05) is 37.7 Å². The van der Waals surface area contributed by atoms with Crippen LogP contribution in [0.3, 0.4) is 0 Å². The van der Waals surface area contributed by atoms with E-state index in [1.807, 2.05) is 24.3 Å². The number of aromatic nitrogens is 3. The van der Waals surface area contributed by atoms with E-state index in [4.69, 9.17) is 15.0 Å². The van der Waals surface area contributed by atoms with Crippen molar-refractivity contribution in [3.8, 4) is 89.7 Å². The number of nitrogens with zero attached hydrogens (tertiary/aromatic N) is 3. The summed E-state index contributed by atoms with van der Waals surface area (Å²) in [5.41, 5.74) is 16.3. The van der Waals surface area contributed by atoms with E-state index in [1.54, 1.807) is 11.3 Å². The Labute approximate surface area is 359 Å². The number of rotatable bonds is 8. The van der Waals surface area contributed by atoms with Gasteiger partial charge in [-0.2, -0.15) is 0 Å². The molecule has 3 nitrogen and oxygen atoms in total. The predicted molar refractivity (Wildman–Crippen MR) is 256 cm³/mol. The van der Waals surface area contributed by atoms with Crippen molar-refractivity contribution in [2.75, 3.05) is 0 Å². The molecule has 0 unspecified atom stereocenters. The van der Waals surface area contributed by atoms with Gasteiger partial charge in [-0.25, -0.2) is 15.0 Å². The van der Waals surface area contributed by atoms with E-state index < -0.39 is 0 Å². The Morgan fingerprint density at radius 3 is 1.30 bits per heavy atom. The zero-order valence-electron chi connectivity index (χ0n) is 33.1. The Bertz CT molecular complexity index is 3300. The number of fused-ring (bicyclic) bond motifs is 3. The molecule has 0 radical (unpaired) electrons. The molecule has 0 N–H and O–H groups in total. The number of hydrogen-bond acceptors (Lipinski definition) is 4. The lowest BCUT2D eigenvalue weighted by atomic mass is 9.94. The first-order chi connectivity index (χ1) is 30.2. The van der Waals surface area contributed by atoms with Gasteiger partial charge in [-0.3, -0.25) is 0 Å². The lowest BCUT2D eigenvalue weighted by Gasteiger charge is -2.12. The summed E-state index contributed by atoms with van der Waals surface area (Å²) in [5, 5.41) is 2.28. The smallest absolute Gasteiger partial charge is 0.161 e. The molecule has 8 aromatic carbocycles. The van der Waals surface area contributed by atoms with E-state index in [1.165, 1.54) is 15.6 Å². The first kappa shape index (κ1) is 36.3. The van der Waals surface area contributed by atoms with E-state index >= 15 is 0 Å². The van der Waals surface area contributed by atoms with Gasteiger partial charge in [0.2, 0.25) is 0 Å². The van der Waals surface area contributed by atoms with Gasteiger partial charge in [0.1, 0.15) is 4.83 Å². The topological polar surface area (TPSA) is 38.7 Å². The van der Waals surface area contributed by atoms with Crippen LogP contribution in [-0.2, 0) is 0 Å². The molecule has 0 aliphatic carbocycles. The Morgan fingerprint density at radius 2 is 0.705 bits per heavy atom. The molecule has 0 spiro atoms. The number of thiophene rings is 1. The van der Waals surface area contributed by atoms with Gasteiger partial charge in [0.15, 0.2) is 5.82 Å². The van der Waals surface area contributed by atoms with Gasteiger partial charge in [-0.15, -0.1) is 11.3 Å². The molecular weight excluding hydrogens is 759 g/mol. The normalized spacial score (nSPS) is 11.3. The van der Waals surface area contributed by atoms with Gasteiger partial charge >= 0.3 is 0 Å². The molecule has 0 aliphatic heterocycles. The fourth-order valence-corrected chi connectivity index (χ4v) is 9.32. The summed E-state index contributed by atoms with van der Waals surface area (Å²) in [7, 11) is 0. The first-order valence-corrected chi connectivity index (χ1v) is 21.3. The van der Waals surface area contributed by atoms with Crippen molar-refractivity contribution in [3.63, 3.8) is 0 Å². The molecule has 0 saturated carbocycles. The fraction of sp³-hybridized carbons (Fsp3) is 0. The molecule has 11 rings (SSSR count). The summed E-state index contributed by atoms with van der Waals surface area (Å²) < 4.78 is 1.21. The summed E-state index contributed by atoms with van der Waals surface area (Å²) in [5.74, 6) is 0.737. The quantitative estimate of drug-likeness (QED) is 0.154. The molecule has 4 heteroatoms. The largest absolute Gasteiger partial charge is 0.248 e. The van der Waals surface area contributed by atoms with Crippen LogP contribution in [0.15, 0.2) is 224 Å². The molecule has 3 heterocycles. The molecule has 0 bridgehead atoms. The summed E-state index contributed by atoms with van der Waals surface area (Å²) in [6.07, 6.45) is 0.